The molecule has 1 aliphatic rings. The molecule has 1 rings (SSSR count). The number of nitrogens with one attached hydrogen (secondary N) is 2. The van der Waals surface area contributed by atoms with Gasteiger partial charge in [-0.1, -0.05) is 19.9 Å². The fourth-order valence-corrected chi connectivity index (χ4v) is 2.53. The average Bonchev–Trinajstić information content (AvgIpc) is 2.49. The van der Waals surface area contributed by atoms with Crippen molar-refractivity contribution in [1.29, 1.82) is 0 Å². The van der Waals surface area contributed by atoms with Crippen molar-refractivity contribution in [3.05, 3.63) is 12.7 Å². The lowest BCUT2D eigenvalue weighted by Crippen LogP contribution is -2.46. The second kappa shape index (κ2) is 10.6. The highest BCUT2D eigenvalue weighted by Crippen LogP contribution is 2.14. The van der Waals surface area contributed by atoms with Gasteiger partial charge in [0.15, 0.2) is 5.96 Å². The van der Waals surface area contributed by atoms with E-state index in [4.69, 9.17) is 9.73 Å². The van der Waals surface area contributed by atoms with Crippen molar-refractivity contribution < 1.29 is 4.74 Å². The third-order valence-electron chi connectivity index (χ3n) is 3.52. The van der Waals surface area contributed by atoms with Gasteiger partial charge in [0.2, 0.25) is 0 Å². The molecular weight excluding hydrogens is 264 g/mol. The summed E-state index contributed by atoms with van der Waals surface area (Å²) in [6.45, 7) is 16.5. The summed E-state index contributed by atoms with van der Waals surface area (Å²) in [5, 5.41) is 6.54. The van der Waals surface area contributed by atoms with Crippen LogP contribution in [0.1, 0.15) is 27.2 Å². The van der Waals surface area contributed by atoms with Gasteiger partial charge < -0.3 is 15.4 Å². The molecule has 0 aromatic rings. The summed E-state index contributed by atoms with van der Waals surface area (Å²) in [6.07, 6.45) is 3.02. The van der Waals surface area contributed by atoms with Crippen molar-refractivity contribution in [2.45, 2.75) is 33.2 Å². The van der Waals surface area contributed by atoms with Crippen molar-refractivity contribution in [1.82, 2.24) is 15.5 Å². The Labute approximate surface area is 129 Å². The van der Waals surface area contributed by atoms with Gasteiger partial charge in [0, 0.05) is 32.2 Å². The van der Waals surface area contributed by atoms with E-state index in [0.29, 0.717) is 12.0 Å². The van der Waals surface area contributed by atoms with Gasteiger partial charge in [0.1, 0.15) is 0 Å². The van der Waals surface area contributed by atoms with Crippen LogP contribution in [0.3, 0.4) is 0 Å². The smallest absolute Gasteiger partial charge is 0.191 e. The van der Waals surface area contributed by atoms with Crippen molar-refractivity contribution in [2.24, 2.45) is 10.9 Å². The number of guanidine groups is 1. The number of nitrogens with zero attached hydrogens (tertiary/aromatic N) is 2. The monoisotopic (exact) mass is 296 g/mol. The van der Waals surface area contributed by atoms with Crippen LogP contribution < -0.4 is 10.6 Å². The minimum atomic E-state index is 0.494. The third kappa shape index (κ3) is 7.48. The fourth-order valence-electron chi connectivity index (χ4n) is 2.53. The third-order valence-corrected chi connectivity index (χ3v) is 3.52. The molecule has 0 radical (unpaired) electrons. The Kier molecular flexibility index (Phi) is 9.10. The molecule has 1 heterocycles. The SMILES string of the molecule is C=CCNC(=NCC(CC(C)C)N1CCOCC1)NCC. The van der Waals surface area contributed by atoms with E-state index in [0.717, 1.165) is 51.9 Å². The summed E-state index contributed by atoms with van der Waals surface area (Å²) in [5.41, 5.74) is 0. The zero-order chi connectivity index (χ0) is 15.5. The summed E-state index contributed by atoms with van der Waals surface area (Å²) >= 11 is 0. The van der Waals surface area contributed by atoms with Gasteiger partial charge in [0.05, 0.1) is 19.8 Å². The van der Waals surface area contributed by atoms with Gasteiger partial charge in [-0.25, -0.2) is 0 Å². The number of hydrogen-bond donors (Lipinski definition) is 2. The Balaban J connectivity index is 2.61. The Bertz CT molecular complexity index is 311. The number of aliphatic imine (C=N–C) groups is 1. The van der Waals surface area contributed by atoms with Gasteiger partial charge in [0.25, 0.3) is 0 Å². The first-order valence-corrected chi connectivity index (χ1v) is 8.12. The van der Waals surface area contributed by atoms with Crippen LogP contribution in [0, 0.1) is 5.92 Å². The van der Waals surface area contributed by atoms with E-state index < -0.39 is 0 Å². The quantitative estimate of drug-likeness (QED) is 0.405. The Morgan fingerprint density at radius 2 is 2.05 bits per heavy atom. The summed E-state index contributed by atoms with van der Waals surface area (Å²) < 4.78 is 5.46. The Morgan fingerprint density at radius 3 is 2.62 bits per heavy atom. The van der Waals surface area contributed by atoms with E-state index in [9.17, 15) is 0 Å². The van der Waals surface area contributed by atoms with E-state index in [-0.39, 0.29) is 0 Å². The Morgan fingerprint density at radius 1 is 1.33 bits per heavy atom. The van der Waals surface area contributed by atoms with Crippen LogP contribution in [0.5, 0.6) is 0 Å². The largest absolute Gasteiger partial charge is 0.379 e. The van der Waals surface area contributed by atoms with Crippen LogP contribution in [0.25, 0.3) is 0 Å². The van der Waals surface area contributed by atoms with Crippen LogP contribution in [0.2, 0.25) is 0 Å². The lowest BCUT2D eigenvalue weighted by molar-refractivity contribution is 0.0143. The molecule has 0 amide bonds. The summed E-state index contributed by atoms with van der Waals surface area (Å²) in [4.78, 5) is 7.26. The minimum absolute atomic E-state index is 0.494. The highest BCUT2D eigenvalue weighted by molar-refractivity contribution is 5.79. The number of ether oxygens (including phenoxy) is 1. The minimum Gasteiger partial charge on any atom is -0.379 e. The standard InChI is InChI=1S/C16H32N4O/c1-5-7-18-16(17-6-2)19-13-15(12-14(3)4)20-8-10-21-11-9-20/h5,14-15H,1,6-13H2,2-4H3,(H2,17,18,19). The molecule has 1 atom stereocenters. The number of hydrogen-bond acceptors (Lipinski definition) is 3. The van der Waals surface area contributed by atoms with Gasteiger partial charge in [-0.05, 0) is 19.3 Å². The van der Waals surface area contributed by atoms with Crippen LogP contribution in [-0.4, -0.2) is 62.8 Å². The van der Waals surface area contributed by atoms with E-state index in [1.54, 1.807) is 0 Å². The summed E-state index contributed by atoms with van der Waals surface area (Å²) in [6, 6.07) is 0.494. The molecule has 0 aliphatic carbocycles. The molecule has 2 N–H and O–H groups in total. The molecule has 0 aromatic heterocycles. The molecule has 0 spiro atoms. The summed E-state index contributed by atoms with van der Waals surface area (Å²) in [7, 11) is 0. The predicted molar refractivity (Wildman–Crippen MR) is 89.8 cm³/mol. The highest BCUT2D eigenvalue weighted by atomic mass is 16.5. The molecule has 5 nitrogen and oxygen atoms in total. The fraction of sp³-hybridized carbons (Fsp3) is 0.812. The first kappa shape index (κ1) is 18.0. The van der Waals surface area contributed by atoms with Crippen molar-refractivity contribution in [3.8, 4) is 0 Å². The predicted octanol–water partition coefficient (Wildman–Crippen LogP) is 1.47. The Hall–Kier alpha value is -1.07. The molecule has 1 unspecified atom stereocenters. The lowest BCUT2D eigenvalue weighted by atomic mass is 10.0. The van der Waals surface area contributed by atoms with Crippen molar-refractivity contribution >= 4 is 5.96 Å². The van der Waals surface area contributed by atoms with E-state index in [1.165, 1.54) is 6.42 Å². The molecule has 1 saturated heterocycles. The normalized spacial score (nSPS) is 18.6. The van der Waals surface area contributed by atoms with Gasteiger partial charge in [-0.2, -0.15) is 0 Å². The lowest BCUT2D eigenvalue weighted by Gasteiger charge is -2.34. The highest BCUT2D eigenvalue weighted by Gasteiger charge is 2.21. The molecule has 1 aliphatic heterocycles. The maximum atomic E-state index is 5.46. The van der Waals surface area contributed by atoms with Gasteiger partial charge >= 0.3 is 0 Å². The van der Waals surface area contributed by atoms with E-state index in [2.05, 4.69) is 42.9 Å². The molecule has 0 bridgehead atoms. The van der Waals surface area contributed by atoms with Crippen LogP contribution in [-0.2, 0) is 4.74 Å². The first-order chi connectivity index (χ1) is 10.2. The second-order valence-corrected chi connectivity index (χ2v) is 5.82. The summed E-state index contributed by atoms with van der Waals surface area (Å²) in [5.74, 6) is 1.55. The first-order valence-electron chi connectivity index (χ1n) is 8.12. The number of rotatable bonds is 8. The number of morpholine rings is 1. The van der Waals surface area contributed by atoms with Crippen LogP contribution in [0.4, 0.5) is 0 Å². The van der Waals surface area contributed by atoms with Crippen molar-refractivity contribution in [3.63, 3.8) is 0 Å². The average molecular weight is 296 g/mol. The second-order valence-electron chi connectivity index (χ2n) is 5.82. The molecule has 1 fully saturated rings. The van der Waals surface area contributed by atoms with E-state index >= 15 is 0 Å². The van der Waals surface area contributed by atoms with Crippen LogP contribution in [0.15, 0.2) is 17.6 Å². The zero-order valence-electron chi connectivity index (χ0n) is 13.9. The topological polar surface area (TPSA) is 48.9 Å². The molecule has 122 valence electrons. The molecule has 0 saturated carbocycles. The molecule has 5 heteroatoms. The molecule has 0 aromatic carbocycles. The molecule has 21 heavy (non-hydrogen) atoms. The van der Waals surface area contributed by atoms with Gasteiger partial charge in [-0.15, -0.1) is 6.58 Å². The van der Waals surface area contributed by atoms with Crippen molar-refractivity contribution in [2.75, 3.05) is 45.9 Å². The zero-order valence-corrected chi connectivity index (χ0v) is 13.9. The van der Waals surface area contributed by atoms with Crippen LogP contribution >= 0.6 is 0 Å². The maximum absolute atomic E-state index is 5.46. The molecular formula is C16H32N4O. The van der Waals surface area contributed by atoms with Gasteiger partial charge in [-0.3, -0.25) is 9.89 Å². The maximum Gasteiger partial charge on any atom is 0.191 e. The van der Waals surface area contributed by atoms with E-state index in [1.807, 2.05) is 6.08 Å².